The Morgan fingerprint density at radius 2 is 1.70 bits per heavy atom. The number of nitrogens with zero attached hydrogens (tertiary/aromatic N) is 2. The van der Waals surface area contributed by atoms with Gasteiger partial charge in [-0.15, -0.1) is 0 Å². The van der Waals surface area contributed by atoms with E-state index in [0.29, 0.717) is 44.4 Å². The van der Waals surface area contributed by atoms with Crippen LogP contribution in [0.3, 0.4) is 0 Å². The van der Waals surface area contributed by atoms with Crippen molar-refractivity contribution < 1.29 is 18.3 Å². The lowest BCUT2D eigenvalue weighted by Gasteiger charge is -2.19. The quantitative estimate of drug-likeness (QED) is 0.529. The Bertz CT molecular complexity index is 1120. The molecule has 0 unspecified atom stereocenters. The summed E-state index contributed by atoms with van der Waals surface area (Å²) in [6, 6.07) is 7.97. The van der Waals surface area contributed by atoms with E-state index in [2.05, 4.69) is 37.2 Å². The zero-order valence-electron chi connectivity index (χ0n) is 16.6. The molecule has 0 radical (unpaired) electrons. The van der Waals surface area contributed by atoms with Gasteiger partial charge in [-0.3, -0.25) is 4.79 Å². The van der Waals surface area contributed by atoms with E-state index in [1.165, 1.54) is 23.5 Å². The number of amides is 1. The molecule has 0 aliphatic carbocycles. The van der Waals surface area contributed by atoms with Crippen molar-refractivity contribution in [3.05, 3.63) is 50.4 Å². The molecule has 2 aromatic rings. The Balaban J connectivity index is 2.01. The molecule has 1 amide bonds. The van der Waals surface area contributed by atoms with Gasteiger partial charge in [-0.2, -0.15) is 4.31 Å². The van der Waals surface area contributed by atoms with Crippen LogP contribution in [-0.4, -0.2) is 62.9 Å². The summed E-state index contributed by atoms with van der Waals surface area (Å²) >= 11 is 6.55. The Hall–Kier alpha value is -1.72. The van der Waals surface area contributed by atoms with Gasteiger partial charge in [0.1, 0.15) is 5.75 Å². The highest BCUT2D eigenvalue weighted by Gasteiger charge is 2.28. The summed E-state index contributed by atoms with van der Waals surface area (Å²) in [6.45, 7) is 0.943. The molecular formula is C20H21Br2N3O4S. The number of anilines is 1. The van der Waals surface area contributed by atoms with Crippen molar-refractivity contribution in [2.24, 2.45) is 0 Å². The summed E-state index contributed by atoms with van der Waals surface area (Å²) < 4.78 is 28.2. The predicted molar refractivity (Wildman–Crippen MR) is 125 cm³/mol. The molecule has 0 bridgehead atoms. The van der Waals surface area contributed by atoms with Crippen molar-refractivity contribution >= 4 is 65.1 Å². The van der Waals surface area contributed by atoms with E-state index in [-0.39, 0.29) is 16.6 Å². The van der Waals surface area contributed by atoms with Crippen LogP contribution in [0.5, 0.6) is 5.75 Å². The number of halogens is 2. The van der Waals surface area contributed by atoms with E-state index in [4.69, 9.17) is 0 Å². The molecule has 1 heterocycles. The summed E-state index contributed by atoms with van der Waals surface area (Å²) in [5.41, 5.74) is 2.09. The van der Waals surface area contributed by atoms with Crippen LogP contribution in [0.15, 0.2) is 44.2 Å². The van der Waals surface area contributed by atoms with Crippen molar-refractivity contribution in [2.75, 3.05) is 39.5 Å². The number of hydrogen-bond acceptors (Lipinski definition) is 5. The predicted octanol–water partition coefficient (Wildman–Crippen LogP) is 3.59. The number of nitrogens with one attached hydrogen (secondary N) is 1. The number of carbonyl (C=O) groups is 1. The number of benzene rings is 2. The third kappa shape index (κ3) is 4.62. The molecule has 2 aromatic carbocycles. The molecule has 1 aliphatic rings. The first-order valence-corrected chi connectivity index (χ1v) is 12.0. The summed E-state index contributed by atoms with van der Waals surface area (Å²) in [4.78, 5) is 14.6. The maximum atomic E-state index is 13.0. The lowest BCUT2D eigenvalue weighted by molar-refractivity contribution is -0.110. The van der Waals surface area contributed by atoms with Crippen molar-refractivity contribution in [3.63, 3.8) is 0 Å². The van der Waals surface area contributed by atoms with Crippen molar-refractivity contribution in [1.82, 2.24) is 9.21 Å². The number of phenols is 1. The van der Waals surface area contributed by atoms with E-state index in [9.17, 15) is 18.3 Å². The van der Waals surface area contributed by atoms with Gasteiger partial charge in [0.15, 0.2) is 0 Å². The second-order valence-electron chi connectivity index (χ2n) is 7.18. The van der Waals surface area contributed by atoms with Crippen LogP contribution in [0, 0.1) is 0 Å². The molecule has 0 atom stereocenters. The number of rotatable bonds is 6. The van der Waals surface area contributed by atoms with Gasteiger partial charge in [0.2, 0.25) is 10.0 Å². The zero-order chi connectivity index (χ0) is 22.2. The van der Waals surface area contributed by atoms with Crippen LogP contribution in [0.2, 0.25) is 0 Å². The summed E-state index contributed by atoms with van der Waals surface area (Å²) in [6.07, 6.45) is 1.66. The molecule has 0 saturated carbocycles. The molecule has 7 nitrogen and oxygen atoms in total. The van der Waals surface area contributed by atoms with Crippen molar-refractivity contribution in [2.45, 2.75) is 4.90 Å². The number of carbonyl (C=O) groups excluding carboxylic acids is 1. The van der Waals surface area contributed by atoms with E-state index >= 15 is 0 Å². The number of likely N-dealkylation sites (N-methyl/N-ethyl adjacent to an activating group) is 2. The topological polar surface area (TPSA) is 90.0 Å². The monoisotopic (exact) mass is 557 g/mol. The fourth-order valence-corrected chi connectivity index (χ4v) is 5.36. The molecular weight excluding hydrogens is 538 g/mol. The average molecular weight is 559 g/mol. The highest BCUT2D eigenvalue weighted by Crippen LogP contribution is 2.38. The Morgan fingerprint density at radius 1 is 1.07 bits per heavy atom. The highest BCUT2D eigenvalue weighted by molar-refractivity contribution is 9.11. The Kier molecular flexibility index (Phi) is 6.73. The third-order valence-electron chi connectivity index (χ3n) is 4.69. The molecule has 0 fully saturated rings. The van der Waals surface area contributed by atoms with E-state index in [1.807, 2.05) is 19.0 Å². The molecule has 30 heavy (non-hydrogen) atoms. The largest absolute Gasteiger partial charge is 0.506 e. The maximum absolute atomic E-state index is 13.0. The number of aromatic hydroxyl groups is 1. The smallest absolute Gasteiger partial charge is 0.256 e. The standard InChI is InChI=1S/C20H21Br2N3O4S/c1-24(2)6-7-25(3)30(28,29)13-4-5-18-14(11-13)15(20(27)23-18)8-12-9-16(21)19(26)17(22)10-12/h4-5,8-11,26H,6-7H2,1-3H3,(H,23,27)/b15-8-. The Morgan fingerprint density at radius 3 is 2.30 bits per heavy atom. The molecule has 0 spiro atoms. The minimum absolute atomic E-state index is 0.0579. The third-order valence-corrected chi connectivity index (χ3v) is 7.76. The number of fused-ring (bicyclic) bond motifs is 1. The average Bonchev–Trinajstić information content (AvgIpc) is 2.98. The van der Waals surface area contributed by atoms with E-state index < -0.39 is 10.0 Å². The molecule has 0 saturated heterocycles. The molecule has 10 heteroatoms. The van der Waals surface area contributed by atoms with Gasteiger partial charge in [-0.05, 0) is 87.9 Å². The van der Waals surface area contributed by atoms with Crippen LogP contribution in [0.4, 0.5) is 5.69 Å². The number of phenolic OH excluding ortho intramolecular Hbond substituents is 1. The van der Waals surface area contributed by atoms with E-state index in [1.54, 1.807) is 24.3 Å². The molecule has 3 rings (SSSR count). The maximum Gasteiger partial charge on any atom is 0.256 e. The van der Waals surface area contributed by atoms with Crippen molar-refractivity contribution in [1.29, 1.82) is 0 Å². The van der Waals surface area contributed by atoms with Crippen LogP contribution in [0.1, 0.15) is 11.1 Å². The highest BCUT2D eigenvalue weighted by atomic mass is 79.9. The van der Waals surface area contributed by atoms with Gasteiger partial charge in [-0.25, -0.2) is 8.42 Å². The minimum Gasteiger partial charge on any atom is -0.506 e. The minimum atomic E-state index is -3.70. The van der Waals surface area contributed by atoms with Crippen LogP contribution >= 0.6 is 31.9 Å². The van der Waals surface area contributed by atoms with Crippen LogP contribution in [0.25, 0.3) is 11.6 Å². The SMILES string of the molecule is CN(C)CCN(C)S(=O)(=O)c1ccc2c(c1)/C(=C/c1cc(Br)c(O)c(Br)c1)C(=O)N2. The zero-order valence-corrected chi connectivity index (χ0v) is 20.6. The van der Waals surface area contributed by atoms with Crippen molar-refractivity contribution in [3.8, 4) is 5.75 Å². The van der Waals surface area contributed by atoms with Gasteiger partial charge >= 0.3 is 0 Å². The number of sulfonamides is 1. The molecule has 160 valence electrons. The van der Waals surface area contributed by atoms with Gasteiger partial charge in [0, 0.05) is 37.0 Å². The number of hydrogen-bond donors (Lipinski definition) is 2. The van der Waals surface area contributed by atoms with Gasteiger partial charge < -0.3 is 15.3 Å². The van der Waals surface area contributed by atoms with Gasteiger partial charge in [0.05, 0.1) is 13.8 Å². The Labute approximate surface area is 192 Å². The van der Waals surface area contributed by atoms with Gasteiger partial charge in [-0.1, -0.05) is 0 Å². The summed E-state index contributed by atoms with van der Waals surface area (Å²) in [5, 5.41) is 12.7. The summed E-state index contributed by atoms with van der Waals surface area (Å²) in [5.74, 6) is -0.261. The second kappa shape index (κ2) is 8.80. The van der Waals surface area contributed by atoms with Gasteiger partial charge in [0.25, 0.3) is 5.91 Å². The second-order valence-corrected chi connectivity index (χ2v) is 10.9. The normalized spacial score (nSPS) is 15.2. The van der Waals surface area contributed by atoms with Crippen LogP contribution < -0.4 is 5.32 Å². The lowest BCUT2D eigenvalue weighted by atomic mass is 10.0. The van der Waals surface area contributed by atoms with E-state index in [0.717, 1.165) is 0 Å². The summed E-state index contributed by atoms with van der Waals surface area (Å²) in [7, 11) is 1.60. The van der Waals surface area contributed by atoms with Crippen LogP contribution in [-0.2, 0) is 14.8 Å². The first-order valence-electron chi connectivity index (χ1n) is 8.97. The lowest BCUT2D eigenvalue weighted by Crippen LogP contribution is -2.33. The first-order chi connectivity index (χ1) is 14.0. The molecule has 1 aliphatic heterocycles. The first kappa shape index (κ1) is 23.0. The fourth-order valence-electron chi connectivity index (χ4n) is 2.95. The molecule has 2 N–H and O–H groups in total. The molecule has 0 aromatic heterocycles. The fraction of sp³-hybridized carbons (Fsp3) is 0.250.